The van der Waals surface area contributed by atoms with Crippen LogP contribution in [0.25, 0.3) is 0 Å². The molecule has 0 heterocycles. The largest absolute Gasteiger partial charge is 0.394 e. The second kappa shape index (κ2) is 7.71. The molecule has 9 heteroatoms. The predicted molar refractivity (Wildman–Crippen MR) is 55.2 cm³/mol. The van der Waals surface area contributed by atoms with E-state index in [9.17, 15) is 20.1 Å². The summed E-state index contributed by atoms with van der Waals surface area (Å²) in [5.41, 5.74) is 0. The molecule has 8 N–H and O–H groups in total. The van der Waals surface area contributed by atoms with Gasteiger partial charge in [-0.25, -0.2) is 0 Å². The van der Waals surface area contributed by atoms with Gasteiger partial charge in [-0.05, 0) is 0 Å². The van der Waals surface area contributed by atoms with E-state index >= 15 is 0 Å². The van der Waals surface area contributed by atoms with Crippen LogP contribution in [0.15, 0.2) is 0 Å². The van der Waals surface area contributed by atoms with E-state index in [2.05, 4.69) is 0 Å². The van der Waals surface area contributed by atoms with Crippen LogP contribution in [0.2, 0.25) is 0 Å². The molecule has 0 aliphatic heterocycles. The topological polar surface area (TPSA) is 179 Å². The lowest BCUT2D eigenvalue weighted by Crippen LogP contribution is -2.53. The molecule has 0 bridgehead atoms. The fourth-order valence-corrected chi connectivity index (χ4v) is 1.16. The summed E-state index contributed by atoms with van der Waals surface area (Å²) in [6.07, 6.45) is -12.3. The van der Waals surface area contributed by atoms with Gasteiger partial charge in [-0.3, -0.25) is 4.79 Å². The molecule has 18 heavy (non-hydrogen) atoms. The first-order chi connectivity index (χ1) is 8.27. The predicted octanol–water partition coefficient (Wildman–Crippen LogP) is -5.29. The minimum atomic E-state index is -2.29. The Morgan fingerprint density at radius 1 is 0.722 bits per heavy atom. The highest BCUT2D eigenvalue weighted by Gasteiger charge is 2.38. The van der Waals surface area contributed by atoms with Gasteiger partial charge in [0.1, 0.15) is 36.6 Å². The number of carbonyl (C=O) groups is 1. The van der Waals surface area contributed by atoms with Crippen molar-refractivity contribution in [1.29, 1.82) is 0 Å². The Bertz CT molecular complexity index is 258. The molecule has 0 radical (unpaired) electrons. The molecule has 0 aromatic carbocycles. The quantitative estimate of drug-likeness (QED) is 0.214. The van der Waals surface area contributed by atoms with Gasteiger partial charge in [-0.1, -0.05) is 0 Å². The molecule has 0 aliphatic rings. The van der Waals surface area contributed by atoms with Gasteiger partial charge in [-0.15, -0.1) is 0 Å². The van der Waals surface area contributed by atoms with E-state index in [1.807, 2.05) is 0 Å². The lowest BCUT2D eigenvalue weighted by molar-refractivity contribution is -0.159. The van der Waals surface area contributed by atoms with Crippen molar-refractivity contribution in [2.75, 3.05) is 13.2 Å². The first-order valence-electron chi connectivity index (χ1n) is 5.11. The van der Waals surface area contributed by atoms with E-state index in [0.717, 1.165) is 0 Å². The maximum atomic E-state index is 11.3. The third-order valence-electron chi connectivity index (χ3n) is 2.39. The minimum absolute atomic E-state index is 0.916. The summed E-state index contributed by atoms with van der Waals surface area (Å²) in [6, 6.07) is 0. The molecule has 9 nitrogen and oxygen atoms in total. The van der Waals surface area contributed by atoms with Crippen molar-refractivity contribution in [2.24, 2.45) is 0 Å². The van der Waals surface area contributed by atoms with Crippen LogP contribution in [-0.4, -0.2) is 96.5 Å². The second-order valence-corrected chi connectivity index (χ2v) is 3.77. The first kappa shape index (κ1) is 17.4. The third kappa shape index (κ3) is 4.23. The van der Waals surface area contributed by atoms with Crippen LogP contribution in [0.3, 0.4) is 0 Å². The molecule has 2 unspecified atom stereocenters. The Kier molecular flexibility index (Phi) is 7.43. The molecule has 0 amide bonds. The SMILES string of the molecule is O=C(C(O)C(O)CO)[C@@H](O)[C@H](O)[C@@H](O)[C@H](O)CO. The van der Waals surface area contributed by atoms with Crippen LogP contribution in [-0.2, 0) is 4.79 Å². The average molecular weight is 270 g/mol. The van der Waals surface area contributed by atoms with Crippen molar-refractivity contribution in [3.63, 3.8) is 0 Å². The van der Waals surface area contributed by atoms with E-state index in [0.29, 0.717) is 0 Å². The molecule has 0 saturated heterocycles. The van der Waals surface area contributed by atoms with E-state index < -0.39 is 55.6 Å². The molecule has 0 spiro atoms. The zero-order valence-electron chi connectivity index (χ0n) is 9.36. The van der Waals surface area contributed by atoms with Gasteiger partial charge in [-0.2, -0.15) is 0 Å². The van der Waals surface area contributed by atoms with Gasteiger partial charge in [0, 0.05) is 0 Å². The third-order valence-corrected chi connectivity index (χ3v) is 2.39. The summed E-state index contributed by atoms with van der Waals surface area (Å²) in [6.45, 7) is -1.86. The number of ketones is 1. The van der Waals surface area contributed by atoms with Crippen LogP contribution in [0, 0.1) is 0 Å². The number of carbonyl (C=O) groups excluding carboxylic acids is 1. The standard InChI is InChI=1S/C9H18O9/c10-1-3(12)5(14)7(16)9(18)8(17)6(15)4(13)2-11/h3-7,9-16,18H,1-2H2/t3-,4?,5+,6?,7-,9+/m1/s1. The average Bonchev–Trinajstić information content (AvgIpc) is 2.40. The molecule has 0 aliphatic carbocycles. The molecule has 0 aromatic rings. The van der Waals surface area contributed by atoms with Crippen molar-refractivity contribution in [1.82, 2.24) is 0 Å². The Labute approximate surface area is 102 Å². The fourth-order valence-electron chi connectivity index (χ4n) is 1.16. The highest BCUT2D eigenvalue weighted by Crippen LogP contribution is 2.09. The maximum absolute atomic E-state index is 11.3. The van der Waals surface area contributed by atoms with Crippen molar-refractivity contribution < 1.29 is 45.6 Å². The van der Waals surface area contributed by atoms with Crippen molar-refractivity contribution >= 4 is 5.78 Å². The Hall–Kier alpha value is -0.650. The zero-order chi connectivity index (χ0) is 14.5. The molecule has 0 aromatic heterocycles. The molecule has 108 valence electrons. The highest BCUT2D eigenvalue weighted by atomic mass is 16.4. The Morgan fingerprint density at radius 2 is 1.17 bits per heavy atom. The monoisotopic (exact) mass is 270 g/mol. The number of rotatable bonds is 8. The van der Waals surface area contributed by atoms with Crippen molar-refractivity contribution in [2.45, 2.75) is 36.6 Å². The molecular weight excluding hydrogens is 252 g/mol. The Morgan fingerprint density at radius 3 is 1.56 bits per heavy atom. The molecule has 0 saturated carbocycles. The maximum Gasteiger partial charge on any atom is 0.195 e. The highest BCUT2D eigenvalue weighted by molar-refractivity contribution is 5.88. The van der Waals surface area contributed by atoms with Crippen molar-refractivity contribution in [3.05, 3.63) is 0 Å². The van der Waals surface area contributed by atoms with Gasteiger partial charge in [0.2, 0.25) is 0 Å². The summed E-state index contributed by atoms with van der Waals surface area (Å²) in [5, 5.41) is 71.9. The van der Waals surface area contributed by atoms with Crippen molar-refractivity contribution in [3.8, 4) is 0 Å². The van der Waals surface area contributed by atoms with Crippen LogP contribution < -0.4 is 0 Å². The van der Waals surface area contributed by atoms with Gasteiger partial charge in [0.25, 0.3) is 0 Å². The van der Waals surface area contributed by atoms with E-state index in [4.69, 9.17) is 25.5 Å². The van der Waals surface area contributed by atoms with Gasteiger partial charge in [0.15, 0.2) is 5.78 Å². The summed E-state index contributed by atoms with van der Waals surface area (Å²) >= 11 is 0. The van der Waals surface area contributed by atoms with E-state index in [1.54, 1.807) is 0 Å². The van der Waals surface area contributed by atoms with Crippen LogP contribution in [0.4, 0.5) is 0 Å². The minimum Gasteiger partial charge on any atom is -0.394 e. The second-order valence-electron chi connectivity index (χ2n) is 3.77. The van der Waals surface area contributed by atoms with E-state index in [-0.39, 0.29) is 0 Å². The Balaban J connectivity index is 4.63. The normalized spacial score (nSPS) is 21.8. The summed E-state index contributed by atoms with van der Waals surface area (Å²) in [4.78, 5) is 11.3. The molecule has 0 rings (SSSR count). The van der Waals surface area contributed by atoms with Crippen LogP contribution in [0.5, 0.6) is 0 Å². The fraction of sp³-hybridized carbons (Fsp3) is 0.889. The number of aliphatic hydroxyl groups excluding tert-OH is 8. The van der Waals surface area contributed by atoms with Gasteiger partial charge in [0.05, 0.1) is 13.2 Å². The van der Waals surface area contributed by atoms with E-state index in [1.165, 1.54) is 0 Å². The molecule has 6 atom stereocenters. The number of Topliss-reactive ketones (excluding diaryl/α,β-unsaturated/α-hetero) is 1. The number of aliphatic hydroxyl groups is 8. The zero-order valence-corrected chi connectivity index (χ0v) is 9.36. The summed E-state index contributed by atoms with van der Waals surface area (Å²) in [5.74, 6) is -1.44. The summed E-state index contributed by atoms with van der Waals surface area (Å²) in [7, 11) is 0. The smallest absolute Gasteiger partial charge is 0.195 e. The first-order valence-corrected chi connectivity index (χ1v) is 5.11. The van der Waals surface area contributed by atoms with Gasteiger partial charge < -0.3 is 40.9 Å². The summed E-state index contributed by atoms with van der Waals surface area (Å²) < 4.78 is 0. The van der Waals surface area contributed by atoms with Crippen LogP contribution >= 0.6 is 0 Å². The number of hydrogen-bond acceptors (Lipinski definition) is 9. The number of hydrogen-bond donors (Lipinski definition) is 8. The molecule has 0 fully saturated rings. The van der Waals surface area contributed by atoms with Gasteiger partial charge >= 0.3 is 0 Å². The molecular formula is C9H18O9. The van der Waals surface area contributed by atoms with Crippen LogP contribution in [0.1, 0.15) is 0 Å². The lowest BCUT2D eigenvalue weighted by Gasteiger charge is -2.26. The lowest BCUT2D eigenvalue weighted by atomic mass is 9.96.